The van der Waals surface area contributed by atoms with E-state index in [1.807, 2.05) is 0 Å². The largest absolute Gasteiger partial charge is 0.458 e. The normalized spacial score (nSPS) is 38.6. The molecule has 94 valence electrons. The molecule has 1 fully saturated rings. The zero-order valence-corrected chi connectivity index (χ0v) is 10.6. The molecule has 0 unspecified atom stereocenters. The minimum absolute atomic E-state index is 0.0893. The van der Waals surface area contributed by atoms with Gasteiger partial charge in [0.25, 0.3) is 0 Å². The van der Waals surface area contributed by atoms with Crippen LogP contribution in [0.15, 0.2) is 23.3 Å². The first-order valence-corrected chi connectivity index (χ1v) is 6.65. The fourth-order valence-corrected chi connectivity index (χ4v) is 3.74. The number of rotatable bonds is 0. The van der Waals surface area contributed by atoms with Crippen LogP contribution in [0.5, 0.6) is 0 Å². The molecule has 3 aliphatic rings. The Kier molecular flexibility index (Phi) is 2.55. The topological polar surface area (TPSA) is 50.1 Å². The van der Waals surface area contributed by atoms with Crippen LogP contribution in [0.2, 0.25) is 0 Å². The second-order valence-electron chi connectivity index (χ2n) is 5.75. The van der Waals surface area contributed by atoms with Crippen LogP contribution in [0.1, 0.15) is 39.0 Å². The average Bonchev–Trinajstić information content (AvgIpc) is 2.48. The molecule has 2 aliphatic carbocycles. The van der Waals surface area contributed by atoms with Crippen LogP contribution in [-0.4, -0.2) is 12.1 Å². The minimum atomic E-state index is -0.330. The smallest absolute Gasteiger partial charge is 0.331 e. The third-order valence-corrected chi connectivity index (χ3v) is 4.59. The molecule has 3 heteroatoms. The van der Waals surface area contributed by atoms with Crippen LogP contribution >= 0.6 is 0 Å². The minimum Gasteiger partial charge on any atom is -0.458 e. The Morgan fingerprint density at radius 3 is 3.06 bits per heavy atom. The van der Waals surface area contributed by atoms with Crippen molar-refractivity contribution >= 4 is 5.97 Å². The molecule has 0 aromatic carbocycles. The van der Waals surface area contributed by atoms with Crippen molar-refractivity contribution in [3.63, 3.8) is 0 Å². The Balaban J connectivity index is 2.13. The van der Waals surface area contributed by atoms with Gasteiger partial charge in [0.2, 0.25) is 0 Å². The van der Waals surface area contributed by atoms with Crippen LogP contribution in [0.25, 0.3) is 0 Å². The van der Waals surface area contributed by atoms with E-state index in [2.05, 4.69) is 19.1 Å². The zero-order valence-electron chi connectivity index (χ0n) is 10.6. The summed E-state index contributed by atoms with van der Waals surface area (Å²) >= 11 is 0. The van der Waals surface area contributed by atoms with Crippen LogP contribution in [0, 0.1) is 22.7 Å². The van der Waals surface area contributed by atoms with Crippen molar-refractivity contribution < 1.29 is 9.53 Å². The van der Waals surface area contributed by atoms with Gasteiger partial charge in [0.15, 0.2) is 0 Å². The Labute approximate surface area is 107 Å². The molecular weight excluding hydrogens is 226 g/mol. The Hall–Kier alpha value is -1.56. The van der Waals surface area contributed by atoms with Gasteiger partial charge in [-0.2, -0.15) is 5.26 Å². The SMILES string of the molecule is CC1=CC2=CC(=O)O[C@@H]3CCC[C@](C#N)(CC1)[C@H]23. The highest BCUT2D eigenvalue weighted by atomic mass is 16.5. The molecule has 0 aromatic rings. The van der Waals surface area contributed by atoms with E-state index in [-0.39, 0.29) is 23.4 Å². The molecule has 0 saturated heterocycles. The summed E-state index contributed by atoms with van der Waals surface area (Å²) in [6.07, 6.45) is 8.24. The first-order valence-electron chi connectivity index (χ1n) is 6.65. The number of esters is 1. The van der Waals surface area contributed by atoms with E-state index in [0.29, 0.717) is 0 Å². The maximum Gasteiger partial charge on any atom is 0.331 e. The Morgan fingerprint density at radius 2 is 2.28 bits per heavy atom. The van der Waals surface area contributed by atoms with E-state index in [1.54, 1.807) is 6.08 Å². The van der Waals surface area contributed by atoms with Gasteiger partial charge in [0, 0.05) is 12.0 Å². The summed E-state index contributed by atoms with van der Waals surface area (Å²) < 4.78 is 5.45. The van der Waals surface area contributed by atoms with Crippen molar-refractivity contribution in [1.82, 2.24) is 0 Å². The predicted molar refractivity (Wildman–Crippen MR) is 66.3 cm³/mol. The summed E-state index contributed by atoms with van der Waals surface area (Å²) in [5, 5.41) is 9.67. The Bertz CT molecular complexity index is 497. The fourth-order valence-electron chi connectivity index (χ4n) is 3.74. The van der Waals surface area contributed by atoms with Crippen LogP contribution in [0.3, 0.4) is 0 Å². The van der Waals surface area contributed by atoms with Crippen molar-refractivity contribution in [3.05, 3.63) is 23.3 Å². The molecule has 3 rings (SSSR count). The van der Waals surface area contributed by atoms with Gasteiger partial charge in [0.05, 0.1) is 11.5 Å². The first kappa shape index (κ1) is 11.5. The molecule has 0 spiro atoms. The van der Waals surface area contributed by atoms with Gasteiger partial charge < -0.3 is 4.74 Å². The van der Waals surface area contributed by atoms with Gasteiger partial charge in [0.1, 0.15) is 6.10 Å². The highest BCUT2D eigenvalue weighted by Crippen LogP contribution is 2.52. The van der Waals surface area contributed by atoms with E-state index >= 15 is 0 Å². The molecule has 1 saturated carbocycles. The quantitative estimate of drug-likeness (QED) is 0.615. The number of ether oxygens (including phenoxy) is 1. The van der Waals surface area contributed by atoms with Crippen molar-refractivity contribution in [2.24, 2.45) is 11.3 Å². The van der Waals surface area contributed by atoms with Crippen LogP contribution in [0.4, 0.5) is 0 Å². The molecule has 0 radical (unpaired) electrons. The van der Waals surface area contributed by atoms with Gasteiger partial charge in [-0.05, 0) is 44.6 Å². The van der Waals surface area contributed by atoms with Gasteiger partial charge in [-0.15, -0.1) is 0 Å². The Morgan fingerprint density at radius 1 is 1.44 bits per heavy atom. The summed E-state index contributed by atoms with van der Waals surface area (Å²) in [6, 6.07) is 2.56. The summed E-state index contributed by atoms with van der Waals surface area (Å²) in [4.78, 5) is 11.6. The lowest BCUT2D eigenvalue weighted by molar-refractivity contribution is -0.152. The van der Waals surface area contributed by atoms with Crippen LogP contribution < -0.4 is 0 Å². The molecule has 1 heterocycles. The van der Waals surface area contributed by atoms with Crippen molar-refractivity contribution in [3.8, 4) is 6.07 Å². The third-order valence-electron chi connectivity index (χ3n) is 4.59. The summed E-state index contributed by atoms with van der Waals surface area (Å²) in [7, 11) is 0. The molecule has 0 aromatic heterocycles. The fraction of sp³-hybridized carbons (Fsp3) is 0.600. The number of nitrogens with zero attached hydrogens (tertiary/aromatic N) is 1. The van der Waals surface area contributed by atoms with E-state index < -0.39 is 0 Å². The van der Waals surface area contributed by atoms with Gasteiger partial charge >= 0.3 is 5.97 Å². The number of carbonyl (C=O) groups excluding carboxylic acids is 1. The zero-order chi connectivity index (χ0) is 12.8. The molecule has 3 nitrogen and oxygen atoms in total. The van der Waals surface area contributed by atoms with E-state index in [9.17, 15) is 10.1 Å². The van der Waals surface area contributed by atoms with E-state index in [0.717, 1.165) is 37.7 Å². The van der Waals surface area contributed by atoms with Crippen molar-refractivity contribution in [2.45, 2.75) is 45.1 Å². The van der Waals surface area contributed by atoms with E-state index in [1.165, 1.54) is 5.57 Å². The molecule has 18 heavy (non-hydrogen) atoms. The molecule has 1 aliphatic heterocycles. The van der Waals surface area contributed by atoms with Gasteiger partial charge in [-0.1, -0.05) is 11.6 Å². The number of hydrogen-bond acceptors (Lipinski definition) is 3. The van der Waals surface area contributed by atoms with Gasteiger partial charge in [-0.25, -0.2) is 4.79 Å². The van der Waals surface area contributed by atoms with E-state index in [4.69, 9.17) is 4.74 Å². The lowest BCUT2D eigenvalue weighted by Crippen LogP contribution is -2.45. The molecular formula is C15H17NO2. The summed E-state index contributed by atoms with van der Waals surface area (Å²) in [5.41, 5.74) is 1.95. The highest BCUT2D eigenvalue weighted by molar-refractivity contribution is 5.85. The first-order chi connectivity index (χ1) is 8.64. The maximum atomic E-state index is 11.6. The number of hydrogen-bond donors (Lipinski definition) is 0. The lowest BCUT2D eigenvalue weighted by atomic mass is 9.61. The van der Waals surface area contributed by atoms with Crippen molar-refractivity contribution in [2.75, 3.05) is 0 Å². The number of nitriles is 1. The van der Waals surface area contributed by atoms with Gasteiger partial charge in [-0.3, -0.25) is 0 Å². The molecule has 0 N–H and O–H groups in total. The average molecular weight is 243 g/mol. The number of carbonyl (C=O) groups is 1. The second-order valence-corrected chi connectivity index (χ2v) is 5.75. The number of allylic oxidation sites excluding steroid dienone is 2. The lowest BCUT2D eigenvalue weighted by Gasteiger charge is -2.44. The molecule has 3 atom stereocenters. The van der Waals surface area contributed by atoms with Crippen LogP contribution in [-0.2, 0) is 9.53 Å². The summed E-state index contributed by atoms with van der Waals surface area (Å²) in [6.45, 7) is 2.08. The summed E-state index contributed by atoms with van der Waals surface area (Å²) in [5.74, 6) is -0.155. The monoisotopic (exact) mass is 243 g/mol. The maximum absolute atomic E-state index is 11.6. The highest BCUT2D eigenvalue weighted by Gasteiger charge is 2.51. The molecule has 0 amide bonds. The van der Waals surface area contributed by atoms with Crippen molar-refractivity contribution in [1.29, 1.82) is 5.26 Å². The second kappa shape index (κ2) is 3.98. The third kappa shape index (κ3) is 1.59. The standard InChI is InChI=1S/C15H17NO2/c1-10-4-6-15(9-16)5-2-3-12-14(15)11(7-10)8-13(17)18-12/h7-8,12,14H,2-6H2,1H3/t12-,14-,15-/m1/s1. The molecule has 0 bridgehead atoms. The predicted octanol–water partition coefficient (Wildman–Crippen LogP) is 2.89.